The zero-order chi connectivity index (χ0) is 5.41. The molecule has 0 bridgehead atoms. The van der Waals surface area contributed by atoms with E-state index in [1.165, 1.54) is 7.11 Å². The average molecular weight is 91.1 g/mol. The standard InChI is InChI=1S/CH3NO2.CH2O/c1-4-2-3;1-2/h1H3;1H2. The van der Waals surface area contributed by atoms with Crippen molar-refractivity contribution in [1.82, 2.24) is 0 Å². The van der Waals surface area contributed by atoms with E-state index in [1.54, 1.807) is 0 Å². The average Bonchev–Trinajstić information content (AvgIpc) is 1.72. The van der Waals surface area contributed by atoms with Gasteiger partial charge in [-0.25, -0.2) is 0 Å². The van der Waals surface area contributed by atoms with Crippen molar-refractivity contribution in [2.24, 2.45) is 5.34 Å². The maximum Gasteiger partial charge on any atom is 0.154 e. The summed E-state index contributed by atoms with van der Waals surface area (Å²) in [6.07, 6.45) is 0. The lowest BCUT2D eigenvalue weighted by Crippen LogP contribution is -1.53. The van der Waals surface area contributed by atoms with E-state index in [4.69, 9.17) is 9.70 Å². The molecule has 0 spiro atoms. The first kappa shape index (κ1) is 8.91. The lowest BCUT2D eigenvalue weighted by atomic mass is 11.7. The molecule has 0 aliphatic carbocycles. The van der Waals surface area contributed by atoms with Crippen molar-refractivity contribution in [1.29, 1.82) is 0 Å². The molecule has 0 fully saturated rings. The normalized spacial score (nSPS) is 4.17. The van der Waals surface area contributed by atoms with Gasteiger partial charge in [0.1, 0.15) is 13.9 Å². The highest BCUT2D eigenvalue weighted by atomic mass is 16.7. The molecule has 0 amide bonds. The molecule has 0 saturated heterocycles. The minimum absolute atomic E-state index is 1.20. The Morgan fingerprint density at radius 2 is 1.83 bits per heavy atom. The van der Waals surface area contributed by atoms with Crippen LogP contribution in [0.3, 0.4) is 0 Å². The molecule has 0 unspecified atom stereocenters. The summed E-state index contributed by atoms with van der Waals surface area (Å²) in [6.45, 7) is 2.00. The van der Waals surface area contributed by atoms with Crippen LogP contribution in [0, 0.1) is 4.91 Å². The Labute approximate surface area is 35.0 Å². The van der Waals surface area contributed by atoms with Gasteiger partial charge in [-0.3, -0.25) is 0 Å². The first-order chi connectivity index (χ1) is 2.91. The van der Waals surface area contributed by atoms with Gasteiger partial charge in [0.2, 0.25) is 0 Å². The summed E-state index contributed by atoms with van der Waals surface area (Å²) in [4.78, 5) is 20.3. The Balaban J connectivity index is 0. The molecule has 0 aliphatic heterocycles. The van der Waals surface area contributed by atoms with Crippen molar-refractivity contribution in [3.63, 3.8) is 0 Å². The third-order valence-electron chi connectivity index (χ3n) is 0.0745. The van der Waals surface area contributed by atoms with E-state index in [0.717, 1.165) is 0 Å². The monoisotopic (exact) mass is 91.0 g/mol. The van der Waals surface area contributed by atoms with Crippen molar-refractivity contribution in [2.45, 2.75) is 0 Å². The smallest absolute Gasteiger partial charge is 0.154 e. The van der Waals surface area contributed by atoms with Crippen LogP contribution in [0.5, 0.6) is 0 Å². The zero-order valence-corrected chi connectivity index (χ0v) is 3.38. The first-order valence-corrected chi connectivity index (χ1v) is 1.06. The summed E-state index contributed by atoms with van der Waals surface area (Å²) in [5.74, 6) is 0. The highest BCUT2D eigenvalue weighted by molar-refractivity contribution is 5.10. The molecule has 4 nitrogen and oxygen atoms in total. The van der Waals surface area contributed by atoms with Gasteiger partial charge >= 0.3 is 0 Å². The van der Waals surface area contributed by atoms with E-state index in [9.17, 15) is 0 Å². The van der Waals surface area contributed by atoms with Gasteiger partial charge in [0, 0.05) is 0 Å². The van der Waals surface area contributed by atoms with Crippen LogP contribution >= 0.6 is 0 Å². The molecule has 0 aromatic heterocycles. The van der Waals surface area contributed by atoms with Crippen LogP contribution in [0.25, 0.3) is 0 Å². The molecule has 6 heavy (non-hydrogen) atoms. The van der Waals surface area contributed by atoms with Gasteiger partial charge in [0.25, 0.3) is 0 Å². The van der Waals surface area contributed by atoms with Crippen LogP contribution in [0.15, 0.2) is 5.34 Å². The fourth-order valence-electron chi connectivity index (χ4n) is 0. The van der Waals surface area contributed by atoms with Crippen LogP contribution < -0.4 is 0 Å². The molecular formula is C2H5NO3. The Hall–Kier alpha value is -0.930. The van der Waals surface area contributed by atoms with E-state index < -0.39 is 0 Å². The lowest BCUT2D eigenvalue weighted by Gasteiger charge is -1.63. The maximum atomic E-state index is 8.70. The molecule has 0 radical (unpaired) electrons. The van der Waals surface area contributed by atoms with E-state index in [0.29, 0.717) is 0 Å². The number of nitrogens with zero attached hydrogens (tertiary/aromatic N) is 1. The van der Waals surface area contributed by atoms with Crippen molar-refractivity contribution in [3.05, 3.63) is 4.91 Å². The largest absolute Gasteiger partial charge is 0.367 e. The molecule has 4 heteroatoms. The Kier molecular flexibility index (Phi) is 49.8. The molecule has 0 heterocycles. The predicted octanol–water partition coefficient (Wildman–Crippen LogP) is 0.129. The van der Waals surface area contributed by atoms with E-state index in [-0.39, 0.29) is 0 Å². The summed E-state index contributed by atoms with van der Waals surface area (Å²) in [7, 11) is 1.20. The van der Waals surface area contributed by atoms with Crippen molar-refractivity contribution >= 4 is 6.79 Å². The molecule has 0 aromatic rings. The minimum Gasteiger partial charge on any atom is -0.367 e. The topological polar surface area (TPSA) is 55.7 Å². The van der Waals surface area contributed by atoms with E-state index in [2.05, 4.69) is 4.84 Å². The quantitative estimate of drug-likeness (QED) is 0.340. The summed E-state index contributed by atoms with van der Waals surface area (Å²) >= 11 is 0. The van der Waals surface area contributed by atoms with Gasteiger partial charge < -0.3 is 9.63 Å². The van der Waals surface area contributed by atoms with E-state index >= 15 is 0 Å². The van der Waals surface area contributed by atoms with E-state index in [1.807, 2.05) is 12.1 Å². The van der Waals surface area contributed by atoms with Crippen LogP contribution in [0.4, 0.5) is 0 Å². The summed E-state index contributed by atoms with van der Waals surface area (Å²) in [5.41, 5.74) is 0. The van der Waals surface area contributed by atoms with Gasteiger partial charge in [-0.15, -0.1) is 4.91 Å². The van der Waals surface area contributed by atoms with Crippen LogP contribution in [0.2, 0.25) is 0 Å². The fourth-order valence-corrected chi connectivity index (χ4v) is 0. The second-order valence-electron chi connectivity index (χ2n) is 0.257. The number of hydrogen-bond acceptors (Lipinski definition) is 4. The predicted molar refractivity (Wildman–Crippen MR) is 19.9 cm³/mol. The number of carbonyl (C=O) groups excluding carboxylic acids is 1. The maximum absolute atomic E-state index is 8.70. The molecule has 0 saturated carbocycles. The summed E-state index contributed by atoms with van der Waals surface area (Å²) in [6, 6.07) is 0. The SMILES string of the molecule is C=O.CON=O. The molecule has 0 aliphatic rings. The Bertz CT molecular complexity index is 30.0. The van der Waals surface area contributed by atoms with Crippen molar-refractivity contribution in [3.8, 4) is 0 Å². The fraction of sp³-hybridized carbons (Fsp3) is 0.500. The van der Waals surface area contributed by atoms with Gasteiger partial charge in [-0.05, 0) is 0 Å². The highest BCUT2D eigenvalue weighted by Gasteiger charge is 1.44. The van der Waals surface area contributed by atoms with Crippen LogP contribution in [-0.4, -0.2) is 13.9 Å². The van der Waals surface area contributed by atoms with Gasteiger partial charge in [0.05, 0.1) is 0 Å². The van der Waals surface area contributed by atoms with Crippen LogP contribution in [-0.2, 0) is 9.63 Å². The number of hydrogen-bond donors (Lipinski definition) is 0. The second-order valence-corrected chi connectivity index (χ2v) is 0.257. The third-order valence-corrected chi connectivity index (χ3v) is 0.0745. The second kappa shape index (κ2) is 33.5. The molecule has 0 atom stereocenters. The van der Waals surface area contributed by atoms with Crippen LogP contribution in [0.1, 0.15) is 0 Å². The number of rotatable bonds is 1. The minimum atomic E-state index is 1.20. The third kappa shape index (κ3) is 2680. The molecule has 0 aromatic carbocycles. The first-order valence-electron chi connectivity index (χ1n) is 1.06. The Morgan fingerprint density at radius 3 is 1.83 bits per heavy atom. The van der Waals surface area contributed by atoms with Crippen molar-refractivity contribution < 1.29 is 9.63 Å². The molecular weight excluding hydrogens is 86.0 g/mol. The molecule has 0 rings (SSSR count). The molecule has 36 valence electrons. The summed E-state index contributed by atoms with van der Waals surface area (Å²) in [5, 5.41) is 1.99. The summed E-state index contributed by atoms with van der Waals surface area (Å²) < 4.78 is 0. The Morgan fingerprint density at radius 1 is 1.67 bits per heavy atom. The van der Waals surface area contributed by atoms with Gasteiger partial charge in [-0.1, -0.05) is 0 Å². The van der Waals surface area contributed by atoms with Crippen molar-refractivity contribution in [2.75, 3.05) is 7.11 Å². The zero-order valence-electron chi connectivity index (χ0n) is 3.38. The van der Waals surface area contributed by atoms with Gasteiger partial charge in [-0.2, -0.15) is 0 Å². The number of carbonyl (C=O) groups is 1. The molecule has 0 N–H and O–H groups in total. The lowest BCUT2D eigenvalue weighted by molar-refractivity contribution is -0.0979. The highest BCUT2D eigenvalue weighted by Crippen LogP contribution is 1.52. The van der Waals surface area contributed by atoms with Gasteiger partial charge in [0.15, 0.2) is 5.34 Å².